The maximum Gasteiger partial charge on any atom is 0.303 e. The van der Waals surface area contributed by atoms with Gasteiger partial charge in [0, 0.05) is 28.1 Å². The zero-order valence-electron chi connectivity index (χ0n) is 20.1. The van der Waals surface area contributed by atoms with Crippen molar-refractivity contribution in [3.05, 3.63) is 87.9 Å². The van der Waals surface area contributed by atoms with Gasteiger partial charge in [-0.1, -0.05) is 54.1 Å². The van der Waals surface area contributed by atoms with Gasteiger partial charge in [-0.2, -0.15) is 0 Å². The lowest BCUT2D eigenvalue weighted by Crippen LogP contribution is -2.43. The Labute approximate surface area is 227 Å². The van der Waals surface area contributed by atoms with E-state index in [1.54, 1.807) is 6.07 Å². The summed E-state index contributed by atoms with van der Waals surface area (Å²) in [6.07, 6.45) is -3.89. The van der Waals surface area contributed by atoms with E-state index in [1.807, 2.05) is 0 Å². The number of rotatable bonds is 9. The van der Waals surface area contributed by atoms with Gasteiger partial charge in [0.15, 0.2) is 0 Å². The Morgan fingerprint density at radius 3 is 2.49 bits per heavy atom. The number of benzene rings is 3. The molecule has 1 aliphatic heterocycles. The molecule has 0 radical (unpaired) electrons. The van der Waals surface area contributed by atoms with Crippen molar-refractivity contribution in [1.29, 1.82) is 0 Å². The Hall–Kier alpha value is -3.57. The number of alkyl halides is 4. The molecule has 3 aromatic carbocycles. The number of ether oxygens (including phenoxy) is 1. The van der Waals surface area contributed by atoms with Gasteiger partial charge in [0.25, 0.3) is 22.9 Å². The summed E-state index contributed by atoms with van der Waals surface area (Å²) < 4.78 is 87.7. The SMILES string of the molecule is O=C(O)CCC1CN(S(=O)(=O)c2cccc(C(F)F)c2)c2cc(C=Cc3c(Cl)cccc3C(F)F)ccc2O1. The summed E-state index contributed by atoms with van der Waals surface area (Å²) in [7, 11) is -4.38. The molecule has 0 spiro atoms. The molecule has 3 aromatic rings. The number of nitrogens with zero attached hydrogens (tertiary/aromatic N) is 1. The third-order valence-corrected chi connectivity index (χ3v) is 8.16. The summed E-state index contributed by atoms with van der Waals surface area (Å²) in [5, 5.41) is 9.17. The molecular formula is C27H22ClF4NO5S. The van der Waals surface area contributed by atoms with Crippen molar-refractivity contribution >= 4 is 45.4 Å². The van der Waals surface area contributed by atoms with Gasteiger partial charge in [-0.25, -0.2) is 26.0 Å². The summed E-state index contributed by atoms with van der Waals surface area (Å²) in [5.74, 6) is -0.958. The van der Waals surface area contributed by atoms with Gasteiger partial charge in [0.1, 0.15) is 11.9 Å². The average molecular weight is 584 g/mol. The number of carbonyl (C=O) groups is 1. The van der Waals surface area contributed by atoms with Gasteiger partial charge in [-0.05, 0) is 42.3 Å². The van der Waals surface area contributed by atoms with E-state index in [-0.39, 0.29) is 51.9 Å². The molecule has 0 saturated heterocycles. The largest absolute Gasteiger partial charge is 0.486 e. The zero-order chi connectivity index (χ0) is 28.3. The molecule has 0 aromatic heterocycles. The summed E-state index contributed by atoms with van der Waals surface area (Å²) in [6.45, 7) is -0.269. The zero-order valence-corrected chi connectivity index (χ0v) is 21.7. The van der Waals surface area contributed by atoms with Gasteiger partial charge in [-0.3, -0.25) is 9.10 Å². The molecule has 0 bridgehead atoms. The Bertz CT molecular complexity index is 1510. The first-order valence-electron chi connectivity index (χ1n) is 11.7. The second kappa shape index (κ2) is 11.7. The number of carboxylic acids is 1. The third-order valence-electron chi connectivity index (χ3n) is 6.06. The molecule has 1 atom stereocenters. The van der Waals surface area contributed by atoms with Crippen LogP contribution in [-0.2, 0) is 14.8 Å². The van der Waals surface area contributed by atoms with E-state index >= 15 is 0 Å². The number of fused-ring (bicyclic) bond motifs is 1. The van der Waals surface area contributed by atoms with E-state index in [2.05, 4.69) is 0 Å². The first-order valence-corrected chi connectivity index (χ1v) is 13.5. The highest BCUT2D eigenvalue weighted by atomic mass is 35.5. The van der Waals surface area contributed by atoms with Crippen LogP contribution >= 0.6 is 11.6 Å². The Morgan fingerprint density at radius 2 is 1.79 bits per heavy atom. The molecule has 1 unspecified atom stereocenters. The number of sulfonamides is 1. The van der Waals surface area contributed by atoms with Crippen molar-refractivity contribution in [3.63, 3.8) is 0 Å². The van der Waals surface area contributed by atoms with Crippen molar-refractivity contribution in [2.45, 2.75) is 36.7 Å². The highest BCUT2D eigenvalue weighted by Gasteiger charge is 2.35. The first-order chi connectivity index (χ1) is 18.5. The smallest absolute Gasteiger partial charge is 0.303 e. The van der Waals surface area contributed by atoms with Crippen LogP contribution in [0.3, 0.4) is 0 Å². The summed E-state index contributed by atoms with van der Waals surface area (Å²) >= 11 is 6.12. The third kappa shape index (κ3) is 6.36. The number of carboxylic acid groups (broad SMARTS) is 1. The molecule has 0 amide bonds. The van der Waals surface area contributed by atoms with Crippen LogP contribution in [0.15, 0.2) is 65.6 Å². The predicted octanol–water partition coefficient (Wildman–Crippen LogP) is 7.21. The Morgan fingerprint density at radius 1 is 1.05 bits per heavy atom. The molecule has 1 aliphatic rings. The van der Waals surface area contributed by atoms with Crippen LogP contribution in [0.1, 0.15) is 47.9 Å². The molecule has 1 N–H and O–H groups in total. The van der Waals surface area contributed by atoms with Crippen LogP contribution in [0.2, 0.25) is 5.02 Å². The minimum atomic E-state index is -4.38. The average Bonchev–Trinajstić information content (AvgIpc) is 2.90. The van der Waals surface area contributed by atoms with Gasteiger partial charge in [0.05, 0.1) is 17.1 Å². The maximum absolute atomic E-state index is 13.7. The number of halogens is 5. The molecule has 4 rings (SSSR count). The fourth-order valence-electron chi connectivity index (χ4n) is 4.13. The van der Waals surface area contributed by atoms with Crippen molar-refractivity contribution in [3.8, 4) is 5.75 Å². The van der Waals surface area contributed by atoms with Crippen LogP contribution in [0.4, 0.5) is 23.2 Å². The van der Waals surface area contributed by atoms with Crippen LogP contribution in [0.25, 0.3) is 12.2 Å². The molecule has 12 heteroatoms. The molecule has 0 saturated carbocycles. The number of aliphatic carboxylic acids is 1. The molecule has 39 heavy (non-hydrogen) atoms. The second-order valence-electron chi connectivity index (χ2n) is 8.69. The van der Waals surface area contributed by atoms with E-state index in [9.17, 15) is 30.8 Å². The number of hydrogen-bond donors (Lipinski definition) is 1. The minimum absolute atomic E-state index is 0.00241. The molecule has 0 fully saturated rings. The summed E-state index contributed by atoms with van der Waals surface area (Å²) in [5.41, 5.74) is -0.143. The van der Waals surface area contributed by atoms with Crippen LogP contribution in [0, 0.1) is 0 Å². The van der Waals surface area contributed by atoms with E-state index in [0.29, 0.717) is 5.56 Å². The summed E-state index contributed by atoms with van der Waals surface area (Å²) in [4.78, 5) is 10.7. The predicted molar refractivity (Wildman–Crippen MR) is 139 cm³/mol. The van der Waals surface area contributed by atoms with Crippen molar-refractivity contribution in [1.82, 2.24) is 0 Å². The van der Waals surface area contributed by atoms with Gasteiger partial charge < -0.3 is 9.84 Å². The van der Waals surface area contributed by atoms with Gasteiger partial charge in [0.2, 0.25) is 0 Å². The maximum atomic E-state index is 13.7. The molecule has 1 heterocycles. The normalized spacial score (nSPS) is 15.6. The quantitative estimate of drug-likeness (QED) is 0.213. The van der Waals surface area contributed by atoms with Crippen LogP contribution in [-0.4, -0.2) is 32.1 Å². The van der Waals surface area contributed by atoms with Crippen LogP contribution in [0.5, 0.6) is 5.75 Å². The van der Waals surface area contributed by atoms with Crippen LogP contribution < -0.4 is 9.04 Å². The standard InChI is InChI=1S/C27H22ClF4NO5S/c28-22-6-2-5-21(27(31)32)20(22)10-7-16-8-11-24-23(13-16)33(15-18(38-24)9-12-25(34)35)39(36,37)19-4-1-3-17(14-19)26(29)30/h1-8,10-11,13-14,18,26-27H,9,12,15H2,(H,34,35). The summed E-state index contributed by atoms with van der Waals surface area (Å²) in [6, 6.07) is 13.0. The monoisotopic (exact) mass is 583 g/mol. The number of hydrogen-bond acceptors (Lipinski definition) is 4. The van der Waals surface area contributed by atoms with E-state index in [1.165, 1.54) is 54.6 Å². The van der Waals surface area contributed by atoms with Crippen molar-refractivity contribution in [2.24, 2.45) is 0 Å². The Kier molecular flexibility index (Phi) is 8.51. The van der Waals surface area contributed by atoms with E-state index in [4.69, 9.17) is 21.4 Å². The van der Waals surface area contributed by atoms with Gasteiger partial charge in [-0.15, -0.1) is 0 Å². The van der Waals surface area contributed by atoms with Gasteiger partial charge >= 0.3 is 5.97 Å². The molecule has 0 aliphatic carbocycles. The lowest BCUT2D eigenvalue weighted by Gasteiger charge is -2.35. The van der Waals surface area contributed by atoms with E-state index < -0.39 is 40.5 Å². The fourth-order valence-corrected chi connectivity index (χ4v) is 5.93. The van der Waals surface area contributed by atoms with E-state index in [0.717, 1.165) is 16.4 Å². The lowest BCUT2D eigenvalue weighted by molar-refractivity contribution is -0.137. The van der Waals surface area contributed by atoms with Crippen molar-refractivity contribution < 1.29 is 40.6 Å². The fraction of sp³-hybridized carbons (Fsp3) is 0.222. The highest BCUT2D eigenvalue weighted by Crippen LogP contribution is 2.39. The molecule has 6 nitrogen and oxygen atoms in total. The highest BCUT2D eigenvalue weighted by molar-refractivity contribution is 7.92. The minimum Gasteiger partial charge on any atom is -0.486 e. The molecule has 206 valence electrons. The lowest BCUT2D eigenvalue weighted by atomic mass is 10.0. The number of anilines is 1. The molecular weight excluding hydrogens is 562 g/mol. The Balaban J connectivity index is 1.76. The second-order valence-corrected chi connectivity index (χ2v) is 11.0. The van der Waals surface area contributed by atoms with Crippen molar-refractivity contribution in [2.75, 3.05) is 10.8 Å². The first kappa shape index (κ1) is 28.4. The topological polar surface area (TPSA) is 83.9 Å².